The van der Waals surface area contributed by atoms with Gasteiger partial charge in [-0.1, -0.05) is 6.07 Å². The molecular formula is C22H27NO6. The topological polar surface area (TPSA) is 83.1 Å². The van der Waals surface area contributed by atoms with E-state index in [9.17, 15) is 9.59 Å². The minimum Gasteiger partial charge on any atom is -0.497 e. The average molecular weight is 401 g/mol. The van der Waals surface area contributed by atoms with Crippen LogP contribution in [0.4, 0.5) is 5.69 Å². The molecule has 1 amide bonds. The van der Waals surface area contributed by atoms with Crippen LogP contribution in [0.3, 0.4) is 0 Å². The van der Waals surface area contributed by atoms with E-state index >= 15 is 0 Å². The molecule has 0 unspecified atom stereocenters. The molecule has 156 valence electrons. The highest BCUT2D eigenvalue weighted by molar-refractivity contribution is 5.96. The van der Waals surface area contributed by atoms with Gasteiger partial charge >= 0.3 is 5.97 Å². The van der Waals surface area contributed by atoms with Crippen LogP contribution < -0.4 is 19.5 Å². The monoisotopic (exact) mass is 401 g/mol. The van der Waals surface area contributed by atoms with Crippen LogP contribution in [0, 0.1) is 6.92 Å². The molecule has 0 saturated heterocycles. The van der Waals surface area contributed by atoms with Gasteiger partial charge in [-0.3, -0.25) is 9.59 Å². The third kappa shape index (κ3) is 6.41. The Balaban J connectivity index is 1.92. The molecule has 0 spiro atoms. The number of carbonyl (C=O) groups is 2. The third-order valence-electron chi connectivity index (χ3n) is 4.32. The normalized spacial score (nSPS) is 11.3. The molecule has 0 saturated carbocycles. The van der Waals surface area contributed by atoms with E-state index in [1.54, 1.807) is 32.4 Å². The van der Waals surface area contributed by atoms with Gasteiger partial charge in [-0.2, -0.15) is 0 Å². The number of carbonyl (C=O) groups excluding carboxylic acids is 2. The van der Waals surface area contributed by atoms with Gasteiger partial charge in [0.1, 0.15) is 17.2 Å². The molecule has 1 N–H and O–H groups in total. The molecule has 0 fully saturated rings. The molecular weight excluding hydrogens is 374 g/mol. The van der Waals surface area contributed by atoms with Crippen molar-refractivity contribution in [2.24, 2.45) is 0 Å². The van der Waals surface area contributed by atoms with Crippen molar-refractivity contribution in [3.63, 3.8) is 0 Å². The fourth-order valence-corrected chi connectivity index (χ4v) is 2.72. The van der Waals surface area contributed by atoms with E-state index < -0.39 is 18.0 Å². The quantitative estimate of drug-likeness (QED) is 0.648. The molecule has 0 aliphatic heterocycles. The lowest BCUT2D eigenvalue weighted by Crippen LogP contribution is -2.30. The summed E-state index contributed by atoms with van der Waals surface area (Å²) in [6, 6.07) is 10.9. The minimum atomic E-state index is -0.937. The van der Waals surface area contributed by atoms with Crippen molar-refractivity contribution in [2.45, 2.75) is 32.8 Å². The number of amides is 1. The first-order chi connectivity index (χ1) is 13.9. The van der Waals surface area contributed by atoms with Crippen LogP contribution in [0.25, 0.3) is 0 Å². The SMILES string of the molecule is COc1cc(CCC(=O)O[C@H](C)C(=O)Nc2cc(C)ccc2OC)cc(OC)c1. The van der Waals surface area contributed by atoms with Crippen molar-refractivity contribution < 1.29 is 28.5 Å². The highest BCUT2D eigenvalue weighted by Crippen LogP contribution is 2.26. The lowest BCUT2D eigenvalue weighted by molar-refractivity contribution is -0.153. The van der Waals surface area contributed by atoms with E-state index in [4.69, 9.17) is 18.9 Å². The van der Waals surface area contributed by atoms with Gasteiger partial charge in [-0.25, -0.2) is 0 Å². The summed E-state index contributed by atoms with van der Waals surface area (Å²) in [5, 5.41) is 2.74. The molecule has 2 aromatic rings. The molecule has 2 rings (SSSR count). The molecule has 0 heterocycles. The van der Waals surface area contributed by atoms with Crippen molar-refractivity contribution in [1.82, 2.24) is 0 Å². The smallest absolute Gasteiger partial charge is 0.306 e. The van der Waals surface area contributed by atoms with Gasteiger partial charge < -0.3 is 24.3 Å². The first-order valence-electron chi connectivity index (χ1n) is 9.23. The first-order valence-corrected chi connectivity index (χ1v) is 9.23. The number of ether oxygens (including phenoxy) is 4. The molecule has 0 bridgehead atoms. The largest absolute Gasteiger partial charge is 0.497 e. The molecule has 0 aromatic heterocycles. The maximum atomic E-state index is 12.4. The molecule has 0 aliphatic carbocycles. The highest BCUT2D eigenvalue weighted by atomic mass is 16.5. The van der Waals surface area contributed by atoms with E-state index in [0.717, 1.165) is 11.1 Å². The number of hydrogen-bond donors (Lipinski definition) is 1. The zero-order valence-corrected chi connectivity index (χ0v) is 17.4. The molecule has 1 atom stereocenters. The van der Waals surface area contributed by atoms with Gasteiger partial charge in [-0.15, -0.1) is 0 Å². The summed E-state index contributed by atoms with van der Waals surface area (Å²) in [5.74, 6) is 0.936. The van der Waals surface area contributed by atoms with Gasteiger partial charge in [0.05, 0.1) is 27.0 Å². The number of benzene rings is 2. The summed E-state index contributed by atoms with van der Waals surface area (Å²) in [6.45, 7) is 3.44. The standard InChI is InChI=1S/C22H27NO6/c1-14-6-8-20(28-5)19(10-14)23-22(25)15(2)29-21(24)9-7-16-11-17(26-3)13-18(12-16)27-4/h6,8,10-13,15H,7,9H2,1-5H3,(H,23,25)/t15-/m1/s1. The van der Waals surface area contributed by atoms with Crippen LogP contribution in [0.15, 0.2) is 36.4 Å². The van der Waals surface area contributed by atoms with Crippen LogP contribution in [0.2, 0.25) is 0 Å². The number of aryl methyl sites for hydroxylation is 2. The van der Waals surface area contributed by atoms with Gasteiger partial charge in [0, 0.05) is 12.5 Å². The Morgan fingerprint density at radius 3 is 2.21 bits per heavy atom. The van der Waals surface area contributed by atoms with E-state index in [1.165, 1.54) is 14.0 Å². The molecule has 2 aromatic carbocycles. The summed E-state index contributed by atoms with van der Waals surface area (Å²) in [7, 11) is 4.66. The Bertz CT molecular complexity index is 842. The van der Waals surface area contributed by atoms with Gasteiger partial charge in [0.25, 0.3) is 5.91 Å². The number of anilines is 1. The van der Waals surface area contributed by atoms with E-state index in [2.05, 4.69) is 5.32 Å². The fraction of sp³-hybridized carbons (Fsp3) is 0.364. The zero-order valence-electron chi connectivity index (χ0n) is 17.4. The van der Waals surface area contributed by atoms with Crippen molar-refractivity contribution in [1.29, 1.82) is 0 Å². The Kier molecular flexibility index (Phi) is 7.88. The number of nitrogens with one attached hydrogen (secondary N) is 1. The summed E-state index contributed by atoms with van der Waals surface area (Å²) in [6.07, 6.45) is -0.374. The van der Waals surface area contributed by atoms with Gasteiger partial charge in [0.15, 0.2) is 6.10 Å². The molecule has 7 heteroatoms. The predicted octanol–water partition coefficient (Wildman–Crippen LogP) is 3.52. The molecule has 7 nitrogen and oxygen atoms in total. The third-order valence-corrected chi connectivity index (χ3v) is 4.32. The van der Waals surface area contributed by atoms with Crippen molar-refractivity contribution in [2.75, 3.05) is 26.6 Å². The second kappa shape index (κ2) is 10.4. The van der Waals surface area contributed by atoms with E-state index in [0.29, 0.717) is 29.4 Å². The summed E-state index contributed by atoms with van der Waals surface area (Å²) in [4.78, 5) is 24.6. The maximum Gasteiger partial charge on any atom is 0.306 e. The predicted molar refractivity (Wildman–Crippen MR) is 110 cm³/mol. The average Bonchev–Trinajstić information content (AvgIpc) is 2.72. The Labute approximate surface area is 170 Å². The van der Waals surface area contributed by atoms with E-state index in [-0.39, 0.29) is 6.42 Å². The Hall–Kier alpha value is -3.22. The number of hydrogen-bond acceptors (Lipinski definition) is 6. The number of methoxy groups -OCH3 is 3. The second-order valence-electron chi connectivity index (χ2n) is 6.55. The molecule has 0 radical (unpaired) electrons. The highest BCUT2D eigenvalue weighted by Gasteiger charge is 2.19. The minimum absolute atomic E-state index is 0.127. The second-order valence-corrected chi connectivity index (χ2v) is 6.55. The lowest BCUT2D eigenvalue weighted by Gasteiger charge is -2.16. The van der Waals surface area contributed by atoms with Gasteiger partial charge in [-0.05, 0) is 55.7 Å². The molecule has 0 aliphatic rings. The van der Waals surface area contributed by atoms with Crippen molar-refractivity contribution in [3.8, 4) is 17.2 Å². The molecule has 29 heavy (non-hydrogen) atoms. The van der Waals surface area contributed by atoms with Crippen molar-refractivity contribution in [3.05, 3.63) is 47.5 Å². The summed E-state index contributed by atoms with van der Waals surface area (Å²) >= 11 is 0. The van der Waals surface area contributed by atoms with Gasteiger partial charge in [0.2, 0.25) is 0 Å². The summed E-state index contributed by atoms with van der Waals surface area (Å²) < 4.78 is 21.0. The summed E-state index contributed by atoms with van der Waals surface area (Å²) in [5.41, 5.74) is 2.38. The zero-order chi connectivity index (χ0) is 21.4. The van der Waals surface area contributed by atoms with Crippen LogP contribution in [0.5, 0.6) is 17.2 Å². The first kappa shape index (κ1) is 22.1. The Morgan fingerprint density at radius 2 is 1.62 bits per heavy atom. The van der Waals surface area contributed by atoms with Crippen LogP contribution in [-0.2, 0) is 20.7 Å². The number of esters is 1. The Morgan fingerprint density at radius 1 is 0.966 bits per heavy atom. The van der Waals surface area contributed by atoms with Crippen LogP contribution in [0.1, 0.15) is 24.5 Å². The van der Waals surface area contributed by atoms with E-state index in [1.807, 2.05) is 25.1 Å². The van der Waals surface area contributed by atoms with Crippen LogP contribution in [-0.4, -0.2) is 39.3 Å². The maximum absolute atomic E-state index is 12.4. The lowest BCUT2D eigenvalue weighted by atomic mass is 10.1. The fourth-order valence-electron chi connectivity index (χ4n) is 2.72. The number of rotatable bonds is 9. The van der Waals surface area contributed by atoms with Crippen molar-refractivity contribution >= 4 is 17.6 Å². The van der Waals surface area contributed by atoms with Crippen LogP contribution >= 0.6 is 0 Å².